The van der Waals surface area contributed by atoms with E-state index in [-0.39, 0.29) is 24.4 Å². The van der Waals surface area contributed by atoms with E-state index in [0.29, 0.717) is 30.2 Å². The molecule has 0 spiro atoms. The maximum absolute atomic E-state index is 13.4. The lowest BCUT2D eigenvalue weighted by Crippen LogP contribution is -2.38. The van der Waals surface area contributed by atoms with Gasteiger partial charge in [-0.25, -0.2) is 4.68 Å². The fourth-order valence-electron chi connectivity index (χ4n) is 3.89. The molecule has 1 saturated heterocycles. The number of carbonyl (C=O) groups excluding carboxylic acids is 1. The zero-order chi connectivity index (χ0) is 19.2. The highest BCUT2D eigenvalue weighted by molar-refractivity contribution is 5.92. The number of carbonyl (C=O) groups is 1. The third-order valence-electron chi connectivity index (χ3n) is 5.14. The second kappa shape index (κ2) is 6.54. The third-order valence-corrected chi connectivity index (χ3v) is 5.14. The number of amides is 1. The first-order valence-corrected chi connectivity index (χ1v) is 8.99. The molecule has 0 bridgehead atoms. The lowest BCUT2D eigenvalue weighted by atomic mass is 10.1. The highest BCUT2D eigenvalue weighted by Gasteiger charge is 2.46. The second-order valence-corrected chi connectivity index (χ2v) is 7.11. The quantitative estimate of drug-likeness (QED) is 0.867. The van der Waals surface area contributed by atoms with Crippen LogP contribution in [0.5, 0.6) is 0 Å². The average molecular weight is 379 g/mol. The molecule has 3 atom stereocenters. The molecule has 1 N–H and O–H groups in total. The molecule has 1 amide bonds. The van der Waals surface area contributed by atoms with Gasteiger partial charge in [-0.15, -0.1) is 0 Å². The molecular weight excluding hydrogens is 359 g/mol. The summed E-state index contributed by atoms with van der Waals surface area (Å²) in [5.41, 5.74) is 0.816. The summed E-state index contributed by atoms with van der Waals surface area (Å²) >= 11 is 0. The van der Waals surface area contributed by atoms with Gasteiger partial charge in [0, 0.05) is 24.8 Å². The van der Waals surface area contributed by atoms with Gasteiger partial charge >= 0.3 is 6.18 Å². The molecule has 9 heteroatoms. The van der Waals surface area contributed by atoms with Crippen molar-refractivity contribution in [3.8, 4) is 0 Å². The summed E-state index contributed by atoms with van der Waals surface area (Å²) in [6, 6.07) is 4.44. The van der Waals surface area contributed by atoms with E-state index in [2.05, 4.69) is 15.4 Å². The monoisotopic (exact) mass is 379 g/mol. The average Bonchev–Trinajstić information content (AvgIpc) is 3.26. The molecule has 2 aliphatic heterocycles. The summed E-state index contributed by atoms with van der Waals surface area (Å²) in [5.74, 6) is 0.126. The molecule has 1 fully saturated rings. The van der Waals surface area contributed by atoms with Crippen LogP contribution in [-0.4, -0.2) is 44.3 Å². The third kappa shape index (κ3) is 3.26. The zero-order valence-corrected chi connectivity index (χ0v) is 14.8. The molecule has 4 rings (SSSR count). The van der Waals surface area contributed by atoms with Gasteiger partial charge in [0.25, 0.3) is 5.91 Å². The number of nitrogens with one attached hydrogen (secondary N) is 1. The zero-order valence-electron chi connectivity index (χ0n) is 14.8. The van der Waals surface area contributed by atoms with E-state index in [0.717, 1.165) is 11.1 Å². The summed E-state index contributed by atoms with van der Waals surface area (Å²) in [6.45, 7) is 2.26. The predicted octanol–water partition coefficient (Wildman–Crippen LogP) is 3.56. The predicted molar refractivity (Wildman–Crippen MR) is 92.3 cm³/mol. The van der Waals surface area contributed by atoms with Crippen LogP contribution in [-0.2, 0) is 0 Å². The van der Waals surface area contributed by atoms with Crippen LogP contribution in [0.2, 0.25) is 0 Å². The maximum Gasteiger partial charge on any atom is 0.410 e. The smallest absolute Gasteiger partial charge is 0.368 e. The fraction of sp³-hybridized carbons (Fsp3) is 0.500. The van der Waals surface area contributed by atoms with Crippen LogP contribution < -0.4 is 5.32 Å². The Morgan fingerprint density at radius 2 is 2.15 bits per heavy atom. The number of aromatic nitrogens is 3. The van der Waals surface area contributed by atoms with Crippen molar-refractivity contribution in [3.05, 3.63) is 41.9 Å². The number of nitrogens with zero attached hydrogens (tertiary/aromatic N) is 4. The van der Waals surface area contributed by atoms with Crippen molar-refractivity contribution < 1.29 is 18.0 Å². The molecule has 2 aliphatic rings. The van der Waals surface area contributed by atoms with E-state index >= 15 is 0 Å². The number of fused-ring (bicyclic) bond motifs is 1. The molecule has 0 aliphatic carbocycles. The molecule has 6 nitrogen and oxygen atoms in total. The standard InChI is InChI=1S/C18H20F3N5O/c1-11-9-15(18(19,20)21)26-16(23-11)10-13(24-26)14-6-4-8-25(14)17(27)12-5-2-3-7-22-12/h2-3,5,7,10-11,14-15,23H,4,6,8-9H2,1H3/t11-,14+,15-/m1/s1. The Bertz CT molecular complexity index is 835. The fourth-order valence-corrected chi connectivity index (χ4v) is 3.89. The summed E-state index contributed by atoms with van der Waals surface area (Å²) in [7, 11) is 0. The van der Waals surface area contributed by atoms with Crippen LogP contribution in [0.15, 0.2) is 30.5 Å². The van der Waals surface area contributed by atoms with Gasteiger partial charge in [0.15, 0.2) is 6.04 Å². The van der Waals surface area contributed by atoms with E-state index in [9.17, 15) is 18.0 Å². The molecule has 0 radical (unpaired) electrons. The van der Waals surface area contributed by atoms with E-state index in [4.69, 9.17) is 0 Å². The van der Waals surface area contributed by atoms with Crippen molar-refractivity contribution in [2.45, 2.75) is 50.5 Å². The first kappa shape index (κ1) is 17.8. The molecule has 2 aromatic rings. The van der Waals surface area contributed by atoms with Gasteiger partial charge in [-0.1, -0.05) is 6.07 Å². The Morgan fingerprint density at radius 1 is 1.33 bits per heavy atom. The van der Waals surface area contributed by atoms with Crippen LogP contribution in [0.3, 0.4) is 0 Å². The minimum absolute atomic E-state index is 0.0706. The Labute approximate surface area is 154 Å². The van der Waals surface area contributed by atoms with Gasteiger partial charge in [-0.05, 0) is 38.3 Å². The van der Waals surface area contributed by atoms with Crippen LogP contribution in [0, 0.1) is 0 Å². The van der Waals surface area contributed by atoms with E-state index in [1.807, 2.05) is 0 Å². The van der Waals surface area contributed by atoms with Crippen molar-refractivity contribution in [1.82, 2.24) is 19.7 Å². The summed E-state index contributed by atoms with van der Waals surface area (Å²) in [4.78, 5) is 18.5. The molecule has 0 aromatic carbocycles. The van der Waals surface area contributed by atoms with Gasteiger partial charge in [0.05, 0.1) is 11.7 Å². The number of likely N-dealkylation sites (tertiary alicyclic amines) is 1. The second-order valence-electron chi connectivity index (χ2n) is 7.11. The number of hydrogen-bond donors (Lipinski definition) is 1. The molecule has 144 valence electrons. The minimum Gasteiger partial charge on any atom is -0.368 e. The number of rotatable bonds is 2. The number of pyridine rings is 1. The maximum atomic E-state index is 13.4. The van der Waals surface area contributed by atoms with Crippen LogP contribution in [0.4, 0.5) is 19.0 Å². The van der Waals surface area contributed by atoms with Crippen LogP contribution >= 0.6 is 0 Å². The SMILES string of the molecule is C[C@@H]1C[C@H](C(F)(F)F)n2nc([C@@H]3CCCN3C(=O)c3ccccn3)cc2N1. The number of halogens is 3. The van der Waals surface area contributed by atoms with Crippen LogP contribution in [0.25, 0.3) is 0 Å². The normalized spacial score (nSPS) is 25.2. The lowest BCUT2D eigenvalue weighted by Gasteiger charge is -2.31. The molecule has 0 saturated carbocycles. The highest BCUT2D eigenvalue weighted by Crippen LogP contribution is 2.41. The molecule has 2 aromatic heterocycles. The number of alkyl halides is 3. The van der Waals surface area contributed by atoms with Crippen molar-refractivity contribution >= 4 is 11.7 Å². The van der Waals surface area contributed by atoms with E-state index in [1.165, 1.54) is 0 Å². The van der Waals surface area contributed by atoms with Crippen molar-refractivity contribution in [2.24, 2.45) is 0 Å². The minimum atomic E-state index is -4.37. The van der Waals surface area contributed by atoms with Crippen molar-refractivity contribution in [3.63, 3.8) is 0 Å². The van der Waals surface area contributed by atoms with Gasteiger partial charge in [-0.3, -0.25) is 9.78 Å². The number of hydrogen-bond acceptors (Lipinski definition) is 4. The Hall–Kier alpha value is -2.58. The molecular formula is C18H20F3N5O. The van der Waals surface area contributed by atoms with Crippen LogP contribution in [0.1, 0.15) is 54.5 Å². The Balaban J connectivity index is 1.65. The lowest BCUT2D eigenvalue weighted by molar-refractivity contribution is -0.173. The van der Waals surface area contributed by atoms with Gasteiger partial charge in [0.2, 0.25) is 0 Å². The van der Waals surface area contributed by atoms with Crippen molar-refractivity contribution in [2.75, 3.05) is 11.9 Å². The Kier molecular flexibility index (Phi) is 4.32. The molecule has 27 heavy (non-hydrogen) atoms. The first-order chi connectivity index (χ1) is 12.8. The van der Waals surface area contributed by atoms with Crippen molar-refractivity contribution in [1.29, 1.82) is 0 Å². The summed E-state index contributed by atoms with van der Waals surface area (Å²) < 4.78 is 41.4. The first-order valence-electron chi connectivity index (χ1n) is 8.99. The van der Waals surface area contributed by atoms with E-state index in [1.54, 1.807) is 42.3 Å². The Morgan fingerprint density at radius 3 is 2.85 bits per heavy atom. The van der Waals surface area contributed by atoms with E-state index < -0.39 is 12.2 Å². The summed E-state index contributed by atoms with van der Waals surface area (Å²) in [6.07, 6.45) is -1.45. The topological polar surface area (TPSA) is 63.1 Å². The largest absolute Gasteiger partial charge is 0.410 e. The summed E-state index contributed by atoms with van der Waals surface area (Å²) in [5, 5.41) is 7.33. The molecule has 4 heterocycles. The van der Waals surface area contributed by atoms with Gasteiger partial charge < -0.3 is 10.2 Å². The number of anilines is 1. The highest BCUT2D eigenvalue weighted by atomic mass is 19.4. The van der Waals surface area contributed by atoms with Gasteiger partial charge in [-0.2, -0.15) is 18.3 Å². The molecule has 0 unspecified atom stereocenters. The van der Waals surface area contributed by atoms with Gasteiger partial charge in [0.1, 0.15) is 11.5 Å².